The van der Waals surface area contributed by atoms with E-state index in [1.165, 1.54) is 0 Å². The van der Waals surface area contributed by atoms with Gasteiger partial charge in [0.2, 0.25) is 0 Å². The summed E-state index contributed by atoms with van der Waals surface area (Å²) in [4.78, 5) is 0. The van der Waals surface area contributed by atoms with E-state index >= 15 is 0 Å². The second-order valence-electron chi connectivity index (χ2n) is 5.00. The van der Waals surface area contributed by atoms with Gasteiger partial charge in [0, 0.05) is 10.5 Å². The van der Waals surface area contributed by atoms with Gasteiger partial charge in [-0.3, -0.25) is 0 Å². The topological polar surface area (TPSA) is 43.8 Å². The molecule has 96 valence electrons. The zero-order valence-corrected chi connectivity index (χ0v) is 12.5. The van der Waals surface area contributed by atoms with Crippen molar-refractivity contribution in [3.63, 3.8) is 0 Å². The molecule has 3 nitrogen and oxygen atoms in total. The van der Waals surface area contributed by atoms with Crippen molar-refractivity contribution in [1.29, 1.82) is 0 Å². The largest absolute Gasteiger partial charge is 0.384 e. The number of nitrogens with zero attached hydrogens (tertiary/aromatic N) is 2. The van der Waals surface area contributed by atoms with Gasteiger partial charge in [-0.1, -0.05) is 29.8 Å². The molecule has 2 N–H and O–H groups in total. The predicted molar refractivity (Wildman–Crippen MR) is 79.0 cm³/mol. The highest BCUT2D eigenvalue weighted by Crippen LogP contribution is 2.22. The highest BCUT2D eigenvalue weighted by atomic mass is 79.9. The zero-order chi connectivity index (χ0) is 13.3. The summed E-state index contributed by atoms with van der Waals surface area (Å²) >= 11 is 3.46. The molecule has 0 amide bonds. The average Bonchev–Trinajstić information content (AvgIpc) is 2.58. The summed E-state index contributed by atoms with van der Waals surface area (Å²) in [5.41, 5.74) is 9.27. The van der Waals surface area contributed by atoms with Crippen molar-refractivity contribution in [3.05, 3.63) is 40.0 Å². The van der Waals surface area contributed by atoms with E-state index in [2.05, 4.69) is 47.9 Å². The van der Waals surface area contributed by atoms with Crippen molar-refractivity contribution in [2.24, 2.45) is 5.92 Å². The van der Waals surface area contributed by atoms with E-state index in [0.717, 1.165) is 27.8 Å². The van der Waals surface area contributed by atoms with Crippen LogP contribution in [0.5, 0.6) is 0 Å². The van der Waals surface area contributed by atoms with Crippen LogP contribution in [0.1, 0.15) is 25.1 Å². The molecule has 0 unspecified atom stereocenters. The Bertz CT molecular complexity index is 558. The molecule has 0 aliphatic carbocycles. The minimum atomic E-state index is 0.582. The second-order valence-corrected chi connectivity index (χ2v) is 5.92. The monoisotopic (exact) mass is 307 g/mol. The Morgan fingerprint density at radius 2 is 2.06 bits per heavy atom. The Morgan fingerprint density at radius 1 is 1.33 bits per heavy atom. The molecule has 1 aromatic carbocycles. The molecule has 0 aliphatic heterocycles. The van der Waals surface area contributed by atoms with Gasteiger partial charge in [0.1, 0.15) is 5.82 Å². The van der Waals surface area contributed by atoms with Gasteiger partial charge >= 0.3 is 0 Å². The van der Waals surface area contributed by atoms with E-state index in [0.29, 0.717) is 11.7 Å². The number of aromatic nitrogens is 2. The first-order chi connectivity index (χ1) is 8.47. The number of nitrogen functional groups attached to an aromatic ring is 1. The maximum Gasteiger partial charge on any atom is 0.127 e. The van der Waals surface area contributed by atoms with Crippen LogP contribution < -0.4 is 5.73 Å². The molecule has 2 aromatic rings. The van der Waals surface area contributed by atoms with E-state index in [1.807, 2.05) is 22.9 Å². The van der Waals surface area contributed by atoms with Crippen molar-refractivity contribution < 1.29 is 0 Å². The lowest BCUT2D eigenvalue weighted by Gasteiger charge is -2.08. The van der Waals surface area contributed by atoms with E-state index in [1.54, 1.807) is 0 Å². The third-order valence-electron chi connectivity index (χ3n) is 2.79. The van der Waals surface area contributed by atoms with Crippen molar-refractivity contribution in [3.8, 4) is 5.69 Å². The lowest BCUT2D eigenvalue weighted by atomic mass is 10.1. The Balaban J connectivity index is 2.41. The van der Waals surface area contributed by atoms with E-state index < -0.39 is 0 Å². The zero-order valence-electron chi connectivity index (χ0n) is 10.9. The number of rotatable bonds is 3. The predicted octanol–water partition coefficient (Wildman–Crippen LogP) is 3.72. The van der Waals surface area contributed by atoms with Crippen LogP contribution in [0.25, 0.3) is 5.69 Å². The quantitative estimate of drug-likeness (QED) is 0.939. The normalized spacial score (nSPS) is 11.2. The Kier molecular flexibility index (Phi) is 3.76. The maximum atomic E-state index is 6.04. The third kappa shape index (κ3) is 2.75. The average molecular weight is 308 g/mol. The summed E-state index contributed by atoms with van der Waals surface area (Å²) in [6.07, 6.45) is 0.951. The highest BCUT2D eigenvalue weighted by Gasteiger charge is 2.10. The van der Waals surface area contributed by atoms with E-state index in [9.17, 15) is 0 Å². The standard InChI is InChI=1S/C14H18BrN3/c1-9(2)6-12-8-14(16)18(17-12)13-5-4-11(15)7-10(13)3/h4-5,7-9H,6,16H2,1-3H3. The number of halogens is 1. The molecule has 0 aliphatic rings. The number of anilines is 1. The molecule has 0 bridgehead atoms. The lowest BCUT2D eigenvalue weighted by molar-refractivity contribution is 0.628. The van der Waals surface area contributed by atoms with Gasteiger partial charge in [-0.2, -0.15) is 5.10 Å². The van der Waals surface area contributed by atoms with Gasteiger partial charge in [0.05, 0.1) is 11.4 Å². The molecule has 0 atom stereocenters. The SMILES string of the molecule is Cc1cc(Br)ccc1-n1nc(CC(C)C)cc1N. The number of hydrogen-bond donors (Lipinski definition) is 1. The molecule has 1 aromatic heterocycles. The van der Waals surface area contributed by atoms with E-state index in [4.69, 9.17) is 5.73 Å². The van der Waals surface area contributed by atoms with Gasteiger partial charge in [0.15, 0.2) is 0 Å². The van der Waals surface area contributed by atoms with Crippen LogP contribution in [0.2, 0.25) is 0 Å². The summed E-state index contributed by atoms with van der Waals surface area (Å²) < 4.78 is 2.89. The number of hydrogen-bond acceptors (Lipinski definition) is 2. The summed E-state index contributed by atoms with van der Waals surface area (Å²) in [6.45, 7) is 6.42. The Morgan fingerprint density at radius 3 is 2.67 bits per heavy atom. The molecule has 1 heterocycles. The van der Waals surface area contributed by atoms with Crippen molar-refractivity contribution in [2.45, 2.75) is 27.2 Å². The molecule has 4 heteroatoms. The van der Waals surface area contributed by atoms with Crippen LogP contribution in [0, 0.1) is 12.8 Å². The molecular formula is C14H18BrN3. The summed E-state index contributed by atoms with van der Waals surface area (Å²) in [7, 11) is 0. The van der Waals surface area contributed by atoms with Gasteiger partial charge in [-0.05, 0) is 43.0 Å². The third-order valence-corrected chi connectivity index (χ3v) is 3.29. The molecular weight excluding hydrogens is 290 g/mol. The van der Waals surface area contributed by atoms with Crippen molar-refractivity contribution in [1.82, 2.24) is 9.78 Å². The number of benzene rings is 1. The molecule has 0 fully saturated rings. The van der Waals surface area contributed by atoms with Gasteiger partial charge in [0.25, 0.3) is 0 Å². The maximum absolute atomic E-state index is 6.04. The lowest BCUT2D eigenvalue weighted by Crippen LogP contribution is -2.04. The summed E-state index contributed by atoms with van der Waals surface area (Å²) in [5.74, 6) is 1.27. The van der Waals surface area contributed by atoms with Crippen LogP contribution in [0.4, 0.5) is 5.82 Å². The van der Waals surface area contributed by atoms with Crippen LogP contribution >= 0.6 is 15.9 Å². The van der Waals surface area contributed by atoms with Gasteiger partial charge in [-0.25, -0.2) is 4.68 Å². The molecule has 0 saturated heterocycles. The Labute approximate surface area is 116 Å². The van der Waals surface area contributed by atoms with Gasteiger partial charge in [-0.15, -0.1) is 0 Å². The van der Waals surface area contributed by atoms with Crippen LogP contribution in [0.3, 0.4) is 0 Å². The van der Waals surface area contributed by atoms with Crippen molar-refractivity contribution in [2.75, 3.05) is 5.73 Å². The fourth-order valence-electron chi connectivity index (χ4n) is 2.01. The van der Waals surface area contributed by atoms with Gasteiger partial charge < -0.3 is 5.73 Å². The first-order valence-electron chi connectivity index (χ1n) is 6.08. The molecule has 0 spiro atoms. The van der Waals surface area contributed by atoms with Crippen LogP contribution in [-0.4, -0.2) is 9.78 Å². The second kappa shape index (κ2) is 5.14. The molecule has 0 radical (unpaired) electrons. The number of nitrogens with two attached hydrogens (primary N) is 1. The molecule has 2 rings (SSSR count). The van der Waals surface area contributed by atoms with Crippen LogP contribution in [0.15, 0.2) is 28.7 Å². The Hall–Kier alpha value is -1.29. The fourth-order valence-corrected chi connectivity index (χ4v) is 2.49. The van der Waals surface area contributed by atoms with Crippen molar-refractivity contribution >= 4 is 21.7 Å². The first-order valence-corrected chi connectivity index (χ1v) is 6.87. The number of aryl methyl sites for hydroxylation is 1. The smallest absolute Gasteiger partial charge is 0.127 e. The fraction of sp³-hybridized carbons (Fsp3) is 0.357. The molecule has 18 heavy (non-hydrogen) atoms. The minimum absolute atomic E-state index is 0.582. The summed E-state index contributed by atoms with van der Waals surface area (Å²) in [6, 6.07) is 8.06. The summed E-state index contributed by atoms with van der Waals surface area (Å²) in [5, 5.41) is 4.59. The highest BCUT2D eigenvalue weighted by molar-refractivity contribution is 9.10. The molecule has 0 saturated carbocycles. The van der Waals surface area contributed by atoms with Crippen LogP contribution in [-0.2, 0) is 6.42 Å². The first kappa shape index (κ1) is 13.1. The minimum Gasteiger partial charge on any atom is -0.384 e. The van der Waals surface area contributed by atoms with E-state index in [-0.39, 0.29) is 0 Å².